The molecule has 1 amide bonds. The highest BCUT2D eigenvalue weighted by Gasteiger charge is 2.04. The van der Waals surface area contributed by atoms with Gasteiger partial charge in [0.15, 0.2) is 0 Å². The molecular formula is C12H26N2O. The second kappa shape index (κ2) is 9.97. The molecule has 0 bridgehead atoms. The number of unbranched alkanes of at least 4 members (excludes halogenated alkanes) is 3. The molecule has 0 rings (SSSR count). The molecule has 0 saturated heterocycles. The average Bonchev–Trinajstić information content (AvgIpc) is 2.22. The van der Waals surface area contributed by atoms with Crippen LogP contribution in [0.3, 0.4) is 0 Å². The Balaban J connectivity index is 3.32. The van der Waals surface area contributed by atoms with Gasteiger partial charge in [0.1, 0.15) is 0 Å². The lowest BCUT2D eigenvalue weighted by Gasteiger charge is -2.11. The largest absolute Gasteiger partial charge is 0.356 e. The number of hydrogen-bond acceptors (Lipinski definition) is 2. The van der Waals surface area contributed by atoms with Crippen molar-refractivity contribution in [2.45, 2.75) is 46.0 Å². The van der Waals surface area contributed by atoms with Crippen LogP contribution in [0.1, 0.15) is 46.0 Å². The van der Waals surface area contributed by atoms with Gasteiger partial charge >= 0.3 is 0 Å². The third-order valence-electron chi connectivity index (χ3n) is 2.46. The van der Waals surface area contributed by atoms with E-state index in [-0.39, 0.29) is 5.91 Å². The summed E-state index contributed by atoms with van der Waals surface area (Å²) in [5, 5.41) is 6.07. The molecule has 1 atom stereocenters. The molecule has 3 nitrogen and oxygen atoms in total. The molecule has 0 fully saturated rings. The quantitative estimate of drug-likeness (QED) is 0.576. The zero-order valence-corrected chi connectivity index (χ0v) is 10.4. The minimum atomic E-state index is 0.203. The van der Waals surface area contributed by atoms with Crippen molar-refractivity contribution in [3.63, 3.8) is 0 Å². The molecular weight excluding hydrogens is 188 g/mol. The van der Waals surface area contributed by atoms with Crippen molar-refractivity contribution in [2.75, 3.05) is 20.1 Å². The van der Waals surface area contributed by atoms with Crippen LogP contribution >= 0.6 is 0 Å². The molecule has 2 N–H and O–H groups in total. The zero-order valence-electron chi connectivity index (χ0n) is 10.4. The summed E-state index contributed by atoms with van der Waals surface area (Å²) in [5.41, 5.74) is 0. The molecule has 0 radical (unpaired) electrons. The number of nitrogens with one attached hydrogen (secondary N) is 2. The first-order valence-corrected chi connectivity index (χ1v) is 6.12. The van der Waals surface area contributed by atoms with Crippen LogP contribution in [-0.4, -0.2) is 26.0 Å². The Hall–Kier alpha value is -0.570. The molecule has 90 valence electrons. The minimum absolute atomic E-state index is 0.203. The molecule has 0 aromatic carbocycles. The Morgan fingerprint density at radius 2 is 1.93 bits per heavy atom. The summed E-state index contributed by atoms with van der Waals surface area (Å²) in [6.45, 7) is 6.05. The second-order valence-electron chi connectivity index (χ2n) is 4.28. The summed E-state index contributed by atoms with van der Waals surface area (Å²) in [7, 11) is 1.93. The number of hydrogen-bond donors (Lipinski definition) is 2. The molecule has 0 aliphatic heterocycles. The van der Waals surface area contributed by atoms with Crippen LogP contribution in [0.15, 0.2) is 0 Å². The van der Waals surface area contributed by atoms with Crippen LogP contribution in [-0.2, 0) is 4.79 Å². The van der Waals surface area contributed by atoms with Gasteiger partial charge in [-0.3, -0.25) is 4.79 Å². The molecule has 0 heterocycles. The van der Waals surface area contributed by atoms with Crippen molar-refractivity contribution in [1.82, 2.24) is 10.6 Å². The van der Waals surface area contributed by atoms with Gasteiger partial charge in [-0.25, -0.2) is 0 Å². The molecule has 1 unspecified atom stereocenters. The van der Waals surface area contributed by atoms with Crippen molar-refractivity contribution in [3.05, 3.63) is 0 Å². The highest BCUT2D eigenvalue weighted by atomic mass is 16.1. The van der Waals surface area contributed by atoms with E-state index in [4.69, 9.17) is 0 Å². The third-order valence-corrected chi connectivity index (χ3v) is 2.46. The fraction of sp³-hybridized carbons (Fsp3) is 0.917. The average molecular weight is 214 g/mol. The Morgan fingerprint density at radius 1 is 1.20 bits per heavy atom. The lowest BCUT2D eigenvalue weighted by atomic mass is 10.1. The van der Waals surface area contributed by atoms with E-state index in [2.05, 4.69) is 24.5 Å². The van der Waals surface area contributed by atoms with Crippen LogP contribution in [0, 0.1) is 5.92 Å². The molecule has 0 aromatic rings. The van der Waals surface area contributed by atoms with Gasteiger partial charge < -0.3 is 10.6 Å². The van der Waals surface area contributed by atoms with Crippen molar-refractivity contribution in [2.24, 2.45) is 5.92 Å². The van der Waals surface area contributed by atoms with E-state index < -0.39 is 0 Å². The molecule has 0 aliphatic rings. The SMILES string of the molecule is CCCCCCC(=O)NCC(C)CNC. The van der Waals surface area contributed by atoms with Gasteiger partial charge in [0.05, 0.1) is 0 Å². The maximum atomic E-state index is 11.4. The smallest absolute Gasteiger partial charge is 0.220 e. The van der Waals surface area contributed by atoms with E-state index in [0.29, 0.717) is 12.3 Å². The lowest BCUT2D eigenvalue weighted by molar-refractivity contribution is -0.121. The summed E-state index contributed by atoms with van der Waals surface area (Å²) in [5.74, 6) is 0.712. The van der Waals surface area contributed by atoms with E-state index in [1.54, 1.807) is 0 Å². The van der Waals surface area contributed by atoms with Crippen LogP contribution in [0.4, 0.5) is 0 Å². The predicted molar refractivity (Wildman–Crippen MR) is 64.9 cm³/mol. The highest BCUT2D eigenvalue weighted by molar-refractivity contribution is 5.75. The van der Waals surface area contributed by atoms with Crippen LogP contribution in [0.5, 0.6) is 0 Å². The zero-order chi connectivity index (χ0) is 11.5. The van der Waals surface area contributed by atoms with Crippen LogP contribution in [0.2, 0.25) is 0 Å². The number of amides is 1. The third kappa shape index (κ3) is 9.73. The van der Waals surface area contributed by atoms with E-state index >= 15 is 0 Å². The molecule has 0 aliphatic carbocycles. The summed E-state index contributed by atoms with van der Waals surface area (Å²) in [6.07, 6.45) is 5.35. The first-order chi connectivity index (χ1) is 7.20. The molecule has 0 spiro atoms. The first-order valence-electron chi connectivity index (χ1n) is 6.12. The topological polar surface area (TPSA) is 41.1 Å². The van der Waals surface area contributed by atoms with Crippen LogP contribution < -0.4 is 10.6 Å². The Bertz CT molecular complexity index is 160. The first kappa shape index (κ1) is 14.4. The monoisotopic (exact) mass is 214 g/mol. The maximum absolute atomic E-state index is 11.4. The fourth-order valence-corrected chi connectivity index (χ4v) is 1.51. The van der Waals surface area contributed by atoms with Gasteiger partial charge in [0.2, 0.25) is 5.91 Å². The maximum Gasteiger partial charge on any atom is 0.220 e. The standard InChI is InChI=1S/C12H26N2O/c1-4-5-6-7-8-12(15)14-10-11(2)9-13-3/h11,13H,4-10H2,1-3H3,(H,14,15). The summed E-state index contributed by atoms with van der Waals surface area (Å²) in [4.78, 5) is 11.4. The Morgan fingerprint density at radius 3 is 2.53 bits per heavy atom. The number of carbonyl (C=O) groups is 1. The van der Waals surface area contributed by atoms with E-state index in [1.807, 2.05) is 7.05 Å². The van der Waals surface area contributed by atoms with Gasteiger partial charge in [-0.15, -0.1) is 0 Å². The van der Waals surface area contributed by atoms with E-state index in [0.717, 1.165) is 19.5 Å². The summed E-state index contributed by atoms with van der Waals surface area (Å²) < 4.78 is 0. The molecule has 15 heavy (non-hydrogen) atoms. The normalized spacial score (nSPS) is 12.5. The summed E-state index contributed by atoms with van der Waals surface area (Å²) in [6, 6.07) is 0. The summed E-state index contributed by atoms with van der Waals surface area (Å²) >= 11 is 0. The van der Waals surface area contributed by atoms with Crippen molar-refractivity contribution in [3.8, 4) is 0 Å². The molecule has 0 saturated carbocycles. The van der Waals surface area contributed by atoms with Crippen molar-refractivity contribution < 1.29 is 4.79 Å². The molecule has 3 heteroatoms. The van der Waals surface area contributed by atoms with Gasteiger partial charge in [-0.2, -0.15) is 0 Å². The van der Waals surface area contributed by atoms with Gasteiger partial charge in [-0.1, -0.05) is 33.1 Å². The molecule has 0 aromatic heterocycles. The Labute approximate surface area is 94.0 Å². The number of carbonyl (C=O) groups excluding carboxylic acids is 1. The van der Waals surface area contributed by atoms with Gasteiger partial charge in [0.25, 0.3) is 0 Å². The highest BCUT2D eigenvalue weighted by Crippen LogP contribution is 2.02. The van der Waals surface area contributed by atoms with Crippen molar-refractivity contribution >= 4 is 5.91 Å². The van der Waals surface area contributed by atoms with E-state index in [9.17, 15) is 4.79 Å². The van der Waals surface area contributed by atoms with Gasteiger partial charge in [0, 0.05) is 13.0 Å². The number of rotatable bonds is 9. The Kier molecular flexibility index (Phi) is 9.59. The van der Waals surface area contributed by atoms with Crippen molar-refractivity contribution in [1.29, 1.82) is 0 Å². The van der Waals surface area contributed by atoms with Gasteiger partial charge in [-0.05, 0) is 25.9 Å². The predicted octanol–water partition coefficient (Wildman–Crippen LogP) is 1.93. The minimum Gasteiger partial charge on any atom is -0.356 e. The second-order valence-corrected chi connectivity index (χ2v) is 4.28. The lowest BCUT2D eigenvalue weighted by Crippen LogP contribution is -2.31. The van der Waals surface area contributed by atoms with Crippen LogP contribution in [0.25, 0.3) is 0 Å². The fourth-order valence-electron chi connectivity index (χ4n) is 1.51. The van der Waals surface area contributed by atoms with E-state index in [1.165, 1.54) is 19.3 Å².